The molecule has 0 bridgehead atoms. The number of rotatable bonds is 5. The van der Waals surface area contributed by atoms with E-state index in [0.29, 0.717) is 5.82 Å². The van der Waals surface area contributed by atoms with E-state index < -0.39 is 0 Å². The van der Waals surface area contributed by atoms with Gasteiger partial charge in [0.2, 0.25) is 11.7 Å². The van der Waals surface area contributed by atoms with Crippen LogP contribution in [0, 0.1) is 0 Å². The van der Waals surface area contributed by atoms with Crippen molar-refractivity contribution < 1.29 is 4.52 Å². The molecule has 26 heavy (non-hydrogen) atoms. The summed E-state index contributed by atoms with van der Waals surface area (Å²) in [5.74, 6) is 1.41. The predicted octanol–water partition coefficient (Wildman–Crippen LogP) is 3.91. The number of thioether (sulfide) groups is 1. The molecule has 1 aromatic carbocycles. The van der Waals surface area contributed by atoms with Crippen molar-refractivity contribution in [1.82, 2.24) is 19.9 Å². The van der Waals surface area contributed by atoms with E-state index in [0.717, 1.165) is 37.1 Å². The average molecular weight is 373 g/mol. The number of hydrogen-bond donors (Lipinski definition) is 0. The molecule has 2 heterocycles. The summed E-state index contributed by atoms with van der Waals surface area (Å²) in [4.78, 5) is 11.0. The van der Waals surface area contributed by atoms with E-state index in [1.54, 1.807) is 11.8 Å². The molecule has 2 fully saturated rings. The SMILES string of the molecule is CSc1ccc(-c2noc(CN3CCN(C4CCCCC4)CC3)n2)cc1. The molecule has 2 aliphatic rings. The third-order valence-electron chi connectivity index (χ3n) is 5.67. The molecular formula is C20H28N4OS. The summed E-state index contributed by atoms with van der Waals surface area (Å²) in [6.07, 6.45) is 9.11. The third-order valence-corrected chi connectivity index (χ3v) is 6.42. The molecule has 0 atom stereocenters. The van der Waals surface area contributed by atoms with Crippen LogP contribution in [0.5, 0.6) is 0 Å². The predicted molar refractivity (Wildman–Crippen MR) is 105 cm³/mol. The van der Waals surface area contributed by atoms with Gasteiger partial charge >= 0.3 is 0 Å². The normalized spacial score (nSPS) is 20.5. The maximum Gasteiger partial charge on any atom is 0.241 e. The Labute approximate surface area is 160 Å². The van der Waals surface area contributed by atoms with Crippen LogP contribution in [0.25, 0.3) is 11.4 Å². The van der Waals surface area contributed by atoms with E-state index in [9.17, 15) is 0 Å². The Hall–Kier alpha value is -1.37. The van der Waals surface area contributed by atoms with Gasteiger partial charge in [-0.2, -0.15) is 4.98 Å². The van der Waals surface area contributed by atoms with E-state index in [-0.39, 0.29) is 0 Å². The first-order valence-corrected chi connectivity index (χ1v) is 11.0. The maximum atomic E-state index is 5.50. The van der Waals surface area contributed by atoms with Crippen LogP contribution in [0.4, 0.5) is 0 Å². The molecule has 2 aromatic rings. The second kappa shape index (κ2) is 8.55. The van der Waals surface area contributed by atoms with Crippen molar-refractivity contribution in [3.63, 3.8) is 0 Å². The lowest BCUT2D eigenvalue weighted by atomic mass is 9.94. The highest BCUT2D eigenvalue weighted by molar-refractivity contribution is 7.98. The van der Waals surface area contributed by atoms with Gasteiger partial charge in [-0.1, -0.05) is 24.4 Å². The van der Waals surface area contributed by atoms with Crippen molar-refractivity contribution in [2.75, 3.05) is 32.4 Å². The van der Waals surface area contributed by atoms with Gasteiger partial charge in [0.05, 0.1) is 6.54 Å². The second-order valence-corrected chi connectivity index (χ2v) is 8.22. The molecule has 0 N–H and O–H groups in total. The zero-order valence-corrected chi connectivity index (χ0v) is 16.4. The van der Waals surface area contributed by atoms with Crippen molar-refractivity contribution >= 4 is 11.8 Å². The van der Waals surface area contributed by atoms with Crippen molar-refractivity contribution in [1.29, 1.82) is 0 Å². The number of hydrogen-bond acceptors (Lipinski definition) is 6. The lowest BCUT2D eigenvalue weighted by molar-refractivity contribution is 0.0702. The smallest absolute Gasteiger partial charge is 0.241 e. The Balaban J connectivity index is 1.30. The zero-order valence-electron chi connectivity index (χ0n) is 15.6. The van der Waals surface area contributed by atoms with E-state index in [4.69, 9.17) is 4.52 Å². The van der Waals surface area contributed by atoms with E-state index in [1.165, 1.54) is 50.1 Å². The summed E-state index contributed by atoms with van der Waals surface area (Å²) in [5, 5.41) is 4.17. The molecule has 0 radical (unpaired) electrons. The maximum absolute atomic E-state index is 5.50. The Morgan fingerprint density at radius 2 is 1.77 bits per heavy atom. The lowest BCUT2D eigenvalue weighted by Gasteiger charge is -2.40. The Bertz CT molecular complexity index is 688. The van der Waals surface area contributed by atoms with E-state index in [1.807, 2.05) is 0 Å². The molecule has 5 nitrogen and oxygen atoms in total. The quantitative estimate of drug-likeness (QED) is 0.742. The molecule has 0 spiro atoms. The highest BCUT2D eigenvalue weighted by Gasteiger charge is 2.25. The topological polar surface area (TPSA) is 45.4 Å². The van der Waals surface area contributed by atoms with Crippen molar-refractivity contribution in [2.45, 2.75) is 49.6 Å². The van der Waals surface area contributed by atoms with Gasteiger partial charge in [0.25, 0.3) is 0 Å². The number of benzene rings is 1. The summed E-state index contributed by atoms with van der Waals surface area (Å²) in [6, 6.07) is 9.14. The van der Waals surface area contributed by atoms with Gasteiger partial charge in [-0.05, 0) is 43.4 Å². The van der Waals surface area contributed by atoms with Gasteiger partial charge in [0, 0.05) is 42.7 Å². The van der Waals surface area contributed by atoms with Gasteiger partial charge in [-0.15, -0.1) is 11.8 Å². The zero-order chi connectivity index (χ0) is 17.8. The molecule has 1 aliphatic carbocycles. The summed E-state index contributed by atoms with van der Waals surface area (Å²) >= 11 is 1.74. The molecule has 4 rings (SSSR count). The van der Waals surface area contributed by atoms with Gasteiger partial charge in [-0.25, -0.2) is 0 Å². The minimum absolute atomic E-state index is 0.688. The highest BCUT2D eigenvalue weighted by Crippen LogP contribution is 2.24. The minimum Gasteiger partial charge on any atom is -0.338 e. The molecule has 1 saturated heterocycles. The number of piperazine rings is 1. The highest BCUT2D eigenvalue weighted by atomic mass is 32.2. The van der Waals surface area contributed by atoms with E-state index in [2.05, 4.69) is 50.5 Å². The molecular weight excluding hydrogens is 344 g/mol. The fourth-order valence-corrected chi connectivity index (χ4v) is 4.51. The molecule has 140 valence electrons. The van der Waals surface area contributed by atoms with Crippen LogP contribution in [0.3, 0.4) is 0 Å². The minimum atomic E-state index is 0.688. The molecule has 0 amide bonds. The van der Waals surface area contributed by atoms with E-state index >= 15 is 0 Å². The van der Waals surface area contributed by atoms with Crippen LogP contribution >= 0.6 is 11.8 Å². The van der Waals surface area contributed by atoms with Crippen LogP contribution < -0.4 is 0 Å². The van der Waals surface area contributed by atoms with Gasteiger partial charge in [-0.3, -0.25) is 9.80 Å². The standard InChI is InChI=1S/C20H28N4OS/c1-26-18-9-7-16(8-10-18)20-21-19(25-22-20)15-23-11-13-24(14-12-23)17-5-3-2-4-6-17/h7-10,17H,2-6,11-15H2,1H3. The third kappa shape index (κ3) is 4.30. The Kier molecular flexibility index (Phi) is 5.92. The van der Waals surface area contributed by atoms with Gasteiger partial charge in [0.1, 0.15) is 0 Å². The first-order valence-electron chi connectivity index (χ1n) is 9.75. The van der Waals surface area contributed by atoms with Gasteiger partial charge < -0.3 is 4.52 Å². The number of nitrogens with zero attached hydrogens (tertiary/aromatic N) is 4. The van der Waals surface area contributed by atoms with Crippen molar-refractivity contribution in [3.05, 3.63) is 30.2 Å². The molecule has 1 aromatic heterocycles. The van der Waals surface area contributed by atoms with Crippen molar-refractivity contribution in [3.8, 4) is 11.4 Å². The van der Waals surface area contributed by atoms with Crippen LogP contribution in [-0.2, 0) is 6.54 Å². The summed E-state index contributed by atoms with van der Waals surface area (Å²) in [7, 11) is 0. The van der Waals surface area contributed by atoms with Crippen LogP contribution in [0.15, 0.2) is 33.7 Å². The van der Waals surface area contributed by atoms with Crippen molar-refractivity contribution in [2.24, 2.45) is 0 Å². The first kappa shape index (κ1) is 18.0. The summed E-state index contributed by atoms with van der Waals surface area (Å²) in [6.45, 7) is 5.28. The first-order chi connectivity index (χ1) is 12.8. The lowest BCUT2D eigenvalue weighted by Crippen LogP contribution is -2.50. The second-order valence-electron chi connectivity index (χ2n) is 7.34. The molecule has 1 aliphatic heterocycles. The monoisotopic (exact) mass is 372 g/mol. The Morgan fingerprint density at radius 3 is 2.46 bits per heavy atom. The fourth-order valence-electron chi connectivity index (χ4n) is 4.10. The molecule has 1 saturated carbocycles. The summed E-state index contributed by atoms with van der Waals surface area (Å²) < 4.78 is 5.50. The fraction of sp³-hybridized carbons (Fsp3) is 0.600. The van der Waals surface area contributed by atoms with Gasteiger partial charge in [0.15, 0.2) is 0 Å². The van der Waals surface area contributed by atoms with Crippen LogP contribution in [0.2, 0.25) is 0 Å². The van der Waals surface area contributed by atoms with Crippen LogP contribution in [0.1, 0.15) is 38.0 Å². The largest absolute Gasteiger partial charge is 0.338 e. The van der Waals surface area contributed by atoms with Crippen LogP contribution in [-0.4, -0.2) is 58.4 Å². The number of aromatic nitrogens is 2. The molecule has 6 heteroatoms. The summed E-state index contributed by atoms with van der Waals surface area (Å²) in [5.41, 5.74) is 1.01. The Morgan fingerprint density at radius 1 is 1.04 bits per heavy atom. The average Bonchev–Trinajstić information content (AvgIpc) is 3.18. The molecule has 0 unspecified atom stereocenters.